The van der Waals surface area contributed by atoms with Crippen molar-refractivity contribution < 1.29 is 14.3 Å². The monoisotopic (exact) mass is 328 g/mol. The number of carbonyl (C=O) groups excluding carboxylic acids is 2. The number of nitrogens with one attached hydrogen (secondary N) is 1. The first kappa shape index (κ1) is 16.6. The lowest BCUT2D eigenvalue weighted by Crippen LogP contribution is -2.34. The molecule has 1 aromatic carbocycles. The van der Waals surface area contributed by atoms with Crippen molar-refractivity contribution in [3.05, 3.63) is 35.0 Å². The summed E-state index contributed by atoms with van der Waals surface area (Å²) in [6.45, 7) is 4.85. The number of H-pyrrole nitrogens is 1. The lowest BCUT2D eigenvalue weighted by atomic mass is 9.95. The molecule has 2 aromatic rings. The van der Waals surface area contributed by atoms with Crippen LogP contribution in [0, 0.1) is 0 Å². The number of hydrogen-bond acceptors (Lipinski definition) is 3. The number of esters is 1. The smallest absolute Gasteiger partial charge is 0.338 e. The van der Waals surface area contributed by atoms with Crippen molar-refractivity contribution in [1.82, 2.24) is 9.88 Å². The molecule has 1 aliphatic rings. The Morgan fingerprint density at radius 1 is 1.17 bits per heavy atom. The van der Waals surface area contributed by atoms with E-state index in [1.165, 1.54) is 24.1 Å². The number of fused-ring (bicyclic) bond motifs is 3. The lowest BCUT2D eigenvalue weighted by molar-refractivity contribution is -0.134. The molecule has 5 nitrogen and oxygen atoms in total. The highest BCUT2D eigenvalue weighted by Gasteiger charge is 2.18. The van der Waals surface area contributed by atoms with Crippen LogP contribution < -0.4 is 0 Å². The number of carbonyl (C=O) groups is 2. The molecule has 1 heterocycles. The predicted molar refractivity (Wildman–Crippen MR) is 93.2 cm³/mol. The highest BCUT2D eigenvalue weighted by molar-refractivity contribution is 5.97. The van der Waals surface area contributed by atoms with Gasteiger partial charge in [-0.25, -0.2) is 4.79 Å². The van der Waals surface area contributed by atoms with Gasteiger partial charge in [0, 0.05) is 29.7 Å². The van der Waals surface area contributed by atoms with E-state index in [9.17, 15) is 9.59 Å². The summed E-state index contributed by atoms with van der Waals surface area (Å²) in [5.74, 6) is -0.600. The summed E-state index contributed by atoms with van der Waals surface area (Å²) in [4.78, 5) is 29.3. The van der Waals surface area contributed by atoms with Crippen LogP contribution in [-0.2, 0) is 22.4 Å². The molecule has 0 aliphatic heterocycles. The van der Waals surface area contributed by atoms with Crippen LogP contribution in [0.1, 0.15) is 48.3 Å². The molecule has 0 saturated heterocycles. The van der Waals surface area contributed by atoms with E-state index in [-0.39, 0.29) is 12.5 Å². The standard InChI is InChI=1S/C19H24N2O3/c1-3-21(4-2)18(22)12-24-19(23)13-9-10-17-15(11-13)14-7-5-6-8-16(14)20-17/h9-11,20H,3-8,12H2,1-2H3. The summed E-state index contributed by atoms with van der Waals surface area (Å²) in [6, 6.07) is 5.57. The molecule has 0 saturated carbocycles. The van der Waals surface area contributed by atoms with Gasteiger partial charge in [-0.1, -0.05) is 0 Å². The molecule has 3 rings (SSSR count). The van der Waals surface area contributed by atoms with Gasteiger partial charge < -0.3 is 14.6 Å². The molecule has 128 valence electrons. The summed E-state index contributed by atoms with van der Waals surface area (Å²) in [5, 5.41) is 1.11. The van der Waals surface area contributed by atoms with E-state index in [0.29, 0.717) is 18.7 Å². The summed E-state index contributed by atoms with van der Waals surface area (Å²) < 4.78 is 5.20. The number of amides is 1. The van der Waals surface area contributed by atoms with Gasteiger partial charge in [0.2, 0.25) is 0 Å². The van der Waals surface area contributed by atoms with Crippen LogP contribution in [0.25, 0.3) is 10.9 Å². The van der Waals surface area contributed by atoms with Crippen molar-refractivity contribution in [3.8, 4) is 0 Å². The first-order valence-corrected chi connectivity index (χ1v) is 8.72. The first-order chi connectivity index (χ1) is 11.6. The van der Waals surface area contributed by atoms with Crippen LogP contribution in [-0.4, -0.2) is 41.5 Å². The van der Waals surface area contributed by atoms with Gasteiger partial charge in [0.15, 0.2) is 6.61 Å². The summed E-state index contributed by atoms with van der Waals surface area (Å²) >= 11 is 0. The fourth-order valence-electron chi connectivity index (χ4n) is 3.41. The predicted octanol–water partition coefficient (Wildman–Crippen LogP) is 3.07. The van der Waals surface area contributed by atoms with E-state index in [2.05, 4.69) is 4.98 Å². The fraction of sp³-hybridized carbons (Fsp3) is 0.474. The number of hydrogen-bond donors (Lipinski definition) is 1. The minimum Gasteiger partial charge on any atom is -0.452 e. The van der Waals surface area contributed by atoms with Crippen LogP contribution in [0.3, 0.4) is 0 Å². The lowest BCUT2D eigenvalue weighted by Gasteiger charge is -2.18. The molecular formula is C19H24N2O3. The maximum absolute atomic E-state index is 12.3. The quantitative estimate of drug-likeness (QED) is 0.858. The Hall–Kier alpha value is -2.30. The molecule has 1 aromatic heterocycles. The minimum atomic E-state index is -0.442. The Morgan fingerprint density at radius 3 is 2.67 bits per heavy atom. The van der Waals surface area contributed by atoms with Gasteiger partial charge in [0.1, 0.15) is 0 Å². The van der Waals surface area contributed by atoms with Crippen LogP contribution in [0.4, 0.5) is 0 Å². The second kappa shape index (κ2) is 7.07. The Morgan fingerprint density at radius 2 is 1.92 bits per heavy atom. The number of rotatable bonds is 5. The van der Waals surface area contributed by atoms with Gasteiger partial charge in [0.05, 0.1) is 5.56 Å². The highest BCUT2D eigenvalue weighted by atomic mass is 16.5. The third kappa shape index (κ3) is 3.16. The first-order valence-electron chi connectivity index (χ1n) is 8.72. The van der Waals surface area contributed by atoms with E-state index in [0.717, 1.165) is 23.7 Å². The summed E-state index contributed by atoms with van der Waals surface area (Å²) in [7, 11) is 0. The number of aromatic amines is 1. The average Bonchev–Trinajstić information content (AvgIpc) is 2.98. The third-order valence-electron chi connectivity index (χ3n) is 4.78. The van der Waals surface area contributed by atoms with Crippen LogP contribution in [0.15, 0.2) is 18.2 Å². The SMILES string of the molecule is CCN(CC)C(=O)COC(=O)c1ccc2[nH]c3c(c2c1)CCCC3. The molecule has 0 spiro atoms. The summed E-state index contributed by atoms with van der Waals surface area (Å²) in [5.41, 5.74) is 4.18. The van der Waals surface area contributed by atoms with Crippen LogP contribution in [0.2, 0.25) is 0 Å². The maximum atomic E-state index is 12.3. The van der Waals surface area contributed by atoms with E-state index in [4.69, 9.17) is 4.74 Å². The van der Waals surface area contributed by atoms with E-state index in [1.807, 2.05) is 26.0 Å². The number of aryl methyl sites for hydroxylation is 2. The van der Waals surface area contributed by atoms with E-state index < -0.39 is 5.97 Å². The Labute approximate surface area is 142 Å². The third-order valence-corrected chi connectivity index (χ3v) is 4.78. The van der Waals surface area contributed by atoms with Gasteiger partial charge in [-0.05, 0) is 63.3 Å². The van der Waals surface area contributed by atoms with E-state index in [1.54, 1.807) is 11.0 Å². The molecule has 0 bridgehead atoms. The van der Waals surface area contributed by atoms with Crippen molar-refractivity contribution in [3.63, 3.8) is 0 Å². The Kier molecular flexibility index (Phi) is 4.88. The van der Waals surface area contributed by atoms with Crippen LogP contribution >= 0.6 is 0 Å². The minimum absolute atomic E-state index is 0.159. The van der Waals surface area contributed by atoms with Gasteiger partial charge >= 0.3 is 5.97 Å². The number of aromatic nitrogens is 1. The second-order valence-electron chi connectivity index (χ2n) is 6.19. The number of benzene rings is 1. The molecule has 5 heteroatoms. The largest absolute Gasteiger partial charge is 0.452 e. The zero-order chi connectivity index (χ0) is 17.1. The van der Waals surface area contributed by atoms with Gasteiger partial charge in [-0.15, -0.1) is 0 Å². The van der Waals surface area contributed by atoms with Gasteiger partial charge in [-0.2, -0.15) is 0 Å². The molecule has 24 heavy (non-hydrogen) atoms. The molecule has 0 atom stereocenters. The van der Waals surface area contributed by atoms with Crippen molar-refractivity contribution in [2.45, 2.75) is 39.5 Å². The van der Waals surface area contributed by atoms with Crippen molar-refractivity contribution in [2.75, 3.05) is 19.7 Å². The maximum Gasteiger partial charge on any atom is 0.338 e. The average molecular weight is 328 g/mol. The molecule has 0 unspecified atom stereocenters. The van der Waals surface area contributed by atoms with Crippen LogP contribution in [0.5, 0.6) is 0 Å². The van der Waals surface area contributed by atoms with Crippen molar-refractivity contribution >= 4 is 22.8 Å². The zero-order valence-electron chi connectivity index (χ0n) is 14.4. The Bertz CT molecular complexity index is 759. The van der Waals surface area contributed by atoms with Gasteiger partial charge in [0.25, 0.3) is 5.91 Å². The number of nitrogens with zero attached hydrogens (tertiary/aromatic N) is 1. The molecule has 0 radical (unpaired) electrons. The van der Waals surface area contributed by atoms with Crippen molar-refractivity contribution in [2.24, 2.45) is 0 Å². The number of ether oxygens (including phenoxy) is 1. The highest BCUT2D eigenvalue weighted by Crippen LogP contribution is 2.29. The number of likely N-dealkylation sites (N-methyl/N-ethyl adjacent to an activating group) is 1. The van der Waals surface area contributed by atoms with Gasteiger partial charge in [-0.3, -0.25) is 4.79 Å². The Balaban J connectivity index is 1.74. The molecule has 1 N–H and O–H groups in total. The summed E-state index contributed by atoms with van der Waals surface area (Å²) in [6.07, 6.45) is 4.52. The molecule has 1 aliphatic carbocycles. The fourth-order valence-corrected chi connectivity index (χ4v) is 3.41. The molecular weight excluding hydrogens is 304 g/mol. The second-order valence-corrected chi connectivity index (χ2v) is 6.19. The molecule has 0 fully saturated rings. The molecule has 1 amide bonds. The van der Waals surface area contributed by atoms with E-state index >= 15 is 0 Å². The normalized spacial score (nSPS) is 13.6. The zero-order valence-corrected chi connectivity index (χ0v) is 14.4. The topological polar surface area (TPSA) is 62.4 Å². The van der Waals surface area contributed by atoms with Crippen molar-refractivity contribution in [1.29, 1.82) is 0 Å².